The molecule has 2 saturated heterocycles. The summed E-state index contributed by atoms with van der Waals surface area (Å²) in [5.41, 5.74) is 1.95. The van der Waals surface area contributed by atoms with Crippen molar-refractivity contribution < 1.29 is 19.1 Å². The van der Waals surface area contributed by atoms with Gasteiger partial charge >= 0.3 is 0 Å². The predicted octanol–water partition coefficient (Wildman–Crippen LogP) is 1.70. The van der Waals surface area contributed by atoms with Crippen LogP contribution in [0.3, 0.4) is 0 Å². The molecule has 5 heterocycles. The quantitative estimate of drug-likeness (QED) is 0.292. The number of aromatic nitrogens is 4. The molecule has 4 aromatic rings. The Labute approximate surface area is 260 Å². The van der Waals surface area contributed by atoms with Crippen LogP contribution in [0.2, 0.25) is 0 Å². The number of likely N-dealkylation sites (N-methyl/N-ethyl adjacent to an activating group) is 1. The van der Waals surface area contributed by atoms with Crippen molar-refractivity contribution in [2.75, 3.05) is 63.2 Å². The van der Waals surface area contributed by atoms with Crippen LogP contribution in [0.5, 0.6) is 0 Å². The lowest BCUT2D eigenvalue weighted by atomic mass is 10.1. The zero-order valence-electron chi connectivity index (χ0n) is 24.4. The minimum Gasteiger partial charge on any atom is -0.389 e. The number of aliphatic hydroxyl groups excluding tert-OH is 1. The number of piperazine rings is 1. The highest BCUT2D eigenvalue weighted by Crippen LogP contribution is 2.38. The number of anilines is 3. The average molecular weight is 639 g/mol. The van der Waals surface area contributed by atoms with Crippen LogP contribution in [-0.2, 0) is 16.0 Å². The van der Waals surface area contributed by atoms with E-state index in [2.05, 4.69) is 11.4 Å². The molecule has 2 amide bonds. The fraction of sp³-hybridized carbons (Fsp3) is 0.429. The van der Waals surface area contributed by atoms with E-state index in [9.17, 15) is 24.3 Å². The molecule has 2 aliphatic rings. The van der Waals surface area contributed by atoms with Crippen molar-refractivity contribution in [3.05, 3.63) is 40.7 Å². The van der Waals surface area contributed by atoms with Crippen molar-refractivity contribution in [2.24, 2.45) is 0 Å². The Morgan fingerprint density at radius 3 is 2.59 bits per heavy atom. The summed E-state index contributed by atoms with van der Waals surface area (Å²) in [5.74, 6) is 0.0692. The Kier molecular flexibility index (Phi) is 8.20. The number of thiazole rings is 1. The van der Waals surface area contributed by atoms with E-state index in [0.717, 1.165) is 11.5 Å². The monoisotopic (exact) mass is 638 g/mol. The molecule has 6 rings (SSSR count). The van der Waals surface area contributed by atoms with Gasteiger partial charge in [-0.25, -0.2) is 14.4 Å². The molecule has 16 heteroatoms. The zero-order chi connectivity index (χ0) is 31.1. The van der Waals surface area contributed by atoms with Crippen LogP contribution in [-0.4, -0.2) is 112 Å². The number of benzene rings is 1. The molecule has 0 saturated carbocycles. The molecule has 3 aromatic heterocycles. The highest BCUT2D eigenvalue weighted by atomic mass is 32.1. The van der Waals surface area contributed by atoms with Crippen LogP contribution in [0.25, 0.3) is 16.2 Å². The number of β-amino-alcohol motifs (C(OH)–C–C–N with tert-alkyl or cyclic N) is 1. The number of nitrogens with zero attached hydrogens (tertiary/aromatic N) is 9. The predicted molar refractivity (Wildman–Crippen MR) is 165 cm³/mol. The molecule has 2 fully saturated rings. The third-order valence-corrected chi connectivity index (χ3v) is 9.88. The van der Waals surface area contributed by atoms with Gasteiger partial charge in [0.05, 0.1) is 18.3 Å². The summed E-state index contributed by atoms with van der Waals surface area (Å²) in [6.07, 6.45) is 0.165. The molecule has 13 nitrogen and oxygen atoms in total. The Morgan fingerprint density at radius 2 is 1.93 bits per heavy atom. The molecule has 0 bridgehead atoms. The second kappa shape index (κ2) is 12.1. The van der Waals surface area contributed by atoms with Crippen molar-refractivity contribution in [1.29, 1.82) is 5.26 Å². The number of hydrogen-bond donors (Lipinski definition) is 2. The molecule has 0 aliphatic carbocycles. The van der Waals surface area contributed by atoms with Gasteiger partial charge in [0.1, 0.15) is 28.5 Å². The molecule has 0 spiro atoms. The SMILES string of the molecule is CCc1nc2sc(N3CCN(CC(=O)N4CC(O)C4)[C@H](C(=O)NC)C3)nn2c1N(C)c1nc(-c2ccc(F)cc2)c(C#N)s1. The van der Waals surface area contributed by atoms with Gasteiger partial charge in [0.2, 0.25) is 21.9 Å². The lowest BCUT2D eigenvalue weighted by molar-refractivity contribution is -0.144. The van der Waals surface area contributed by atoms with Gasteiger partial charge in [0.15, 0.2) is 10.9 Å². The smallest absolute Gasteiger partial charge is 0.238 e. The first-order valence-electron chi connectivity index (χ1n) is 14.2. The average Bonchev–Trinajstić information content (AvgIpc) is 3.72. The van der Waals surface area contributed by atoms with Gasteiger partial charge in [0.25, 0.3) is 0 Å². The molecule has 2 aliphatic heterocycles. The molecule has 230 valence electrons. The number of rotatable bonds is 8. The van der Waals surface area contributed by atoms with Crippen LogP contribution in [0, 0.1) is 17.1 Å². The number of imidazole rings is 1. The number of carbonyl (C=O) groups excluding carboxylic acids is 2. The van der Waals surface area contributed by atoms with Gasteiger partial charge in [-0.1, -0.05) is 29.6 Å². The number of aliphatic hydroxyl groups is 1. The largest absolute Gasteiger partial charge is 0.389 e. The summed E-state index contributed by atoms with van der Waals surface area (Å²) >= 11 is 2.65. The van der Waals surface area contributed by atoms with Crippen molar-refractivity contribution in [2.45, 2.75) is 25.5 Å². The van der Waals surface area contributed by atoms with E-state index in [4.69, 9.17) is 15.1 Å². The summed E-state index contributed by atoms with van der Waals surface area (Å²) in [6.45, 7) is 4.15. The fourth-order valence-electron chi connectivity index (χ4n) is 5.42. The lowest BCUT2D eigenvalue weighted by Gasteiger charge is -2.42. The van der Waals surface area contributed by atoms with E-state index >= 15 is 0 Å². The van der Waals surface area contributed by atoms with Crippen molar-refractivity contribution >= 4 is 55.5 Å². The third-order valence-electron chi connectivity index (χ3n) is 7.88. The molecule has 0 radical (unpaired) electrons. The first-order valence-corrected chi connectivity index (χ1v) is 15.8. The normalized spacial score (nSPS) is 17.5. The van der Waals surface area contributed by atoms with Crippen LogP contribution >= 0.6 is 22.7 Å². The Bertz CT molecular complexity index is 1740. The highest BCUT2D eigenvalue weighted by molar-refractivity contribution is 7.20. The van der Waals surface area contributed by atoms with Crippen LogP contribution in [0.15, 0.2) is 24.3 Å². The van der Waals surface area contributed by atoms with Crippen LogP contribution in [0.1, 0.15) is 17.5 Å². The van der Waals surface area contributed by atoms with E-state index in [-0.39, 0.29) is 24.2 Å². The van der Waals surface area contributed by atoms with E-state index in [1.807, 2.05) is 28.7 Å². The number of hydrogen-bond acceptors (Lipinski definition) is 12. The molecule has 0 unspecified atom stereocenters. The van der Waals surface area contributed by atoms with Crippen LogP contribution in [0.4, 0.5) is 20.5 Å². The number of fused-ring (bicyclic) bond motifs is 1. The third kappa shape index (κ3) is 5.47. The molecule has 2 N–H and O–H groups in total. The van der Waals surface area contributed by atoms with Crippen molar-refractivity contribution in [3.8, 4) is 17.3 Å². The highest BCUT2D eigenvalue weighted by Gasteiger charge is 2.37. The number of nitrogens with one attached hydrogen (secondary N) is 1. The second-order valence-electron chi connectivity index (χ2n) is 10.7. The first kappa shape index (κ1) is 29.9. The number of halogens is 1. The summed E-state index contributed by atoms with van der Waals surface area (Å²) in [4.78, 5) is 43.6. The van der Waals surface area contributed by atoms with Gasteiger partial charge in [-0.15, -0.1) is 5.10 Å². The summed E-state index contributed by atoms with van der Waals surface area (Å²) in [5, 5.41) is 28.3. The second-order valence-corrected chi connectivity index (χ2v) is 12.6. The Morgan fingerprint density at radius 1 is 1.18 bits per heavy atom. The zero-order valence-corrected chi connectivity index (χ0v) is 26.0. The number of carbonyl (C=O) groups is 2. The minimum atomic E-state index is -0.557. The van der Waals surface area contributed by atoms with E-state index < -0.39 is 12.1 Å². The number of amides is 2. The first-order chi connectivity index (χ1) is 21.2. The van der Waals surface area contributed by atoms with E-state index in [1.165, 1.54) is 34.8 Å². The van der Waals surface area contributed by atoms with E-state index in [0.29, 0.717) is 70.5 Å². The maximum absolute atomic E-state index is 13.5. The summed E-state index contributed by atoms with van der Waals surface area (Å²) in [7, 11) is 3.43. The molecule has 1 aromatic carbocycles. The number of likely N-dealkylation sites (tertiary alicyclic amines) is 1. The van der Waals surface area contributed by atoms with Gasteiger partial charge in [-0.3, -0.25) is 14.5 Å². The molecular formula is C28H31FN10O3S2. The van der Waals surface area contributed by atoms with Gasteiger partial charge in [0, 0.05) is 52.4 Å². The molecule has 1 atom stereocenters. The Balaban J connectivity index is 1.26. The van der Waals surface area contributed by atoms with E-state index in [1.54, 1.807) is 28.6 Å². The topological polar surface area (TPSA) is 146 Å². The van der Waals surface area contributed by atoms with Crippen molar-refractivity contribution in [1.82, 2.24) is 34.7 Å². The number of nitriles is 1. The molecule has 44 heavy (non-hydrogen) atoms. The molecular weight excluding hydrogens is 608 g/mol. The lowest BCUT2D eigenvalue weighted by Crippen LogP contribution is -2.62. The van der Waals surface area contributed by atoms with Gasteiger partial charge in [-0.05, 0) is 30.7 Å². The maximum atomic E-state index is 13.5. The summed E-state index contributed by atoms with van der Waals surface area (Å²) < 4.78 is 15.3. The van der Waals surface area contributed by atoms with Gasteiger partial charge < -0.3 is 25.1 Å². The minimum absolute atomic E-state index is 0.102. The van der Waals surface area contributed by atoms with Crippen molar-refractivity contribution in [3.63, 3.8) is 0 Å². The fourth-order valence-corrected chi connectivity index (χ4v) is 7.22. The standard InChI is InChI=1S/C28H31FN10O3S2/c1-4-19-25(35(3)26-33-23(21(11-30)43-26)16-5-7-17(29)8-6-16)39-27(32-19)44-28(34-39)37-10-9-36(20(14-37)24(42)31-2)15-22(41)38-12-18(40)13-38/h5-8,18,20,40H,4,9-10,12-15H2,1-3H3,(H,31,42)/t20-/m0/s1. The maximum Gasteiger partial charge on any atom is 0.238 e. The Hall–Kier alpha value is -4.17. The van der Waals surface area contributed by atoms with Crippen LogP contribution < -0.4 is 15.1 Å². The summed E-state index contributed by atoms with van der Waals surface area (Å²) in [6, 6.07) is 7.55. The number of aryl methyl sites for hydroxylation is 1. The van der Waals surface area contributed by atoms with Gasteiger partial charge in [-0.2, -0.15) is 9.78 Å².